The zero-order valence-corrected chi connectivity index (χ0v) is 15.7. The molecule has 1 aromatic heterocycles. The van der Waals surface area contributed by atoms with Crippen molar-refractivity contribution < 1.29 is 14.3 Å². The molecule has 146 valence electrons. The van der Waals surface area contributed by atoms with Gasteiger partial charge in [0.25, 0.3) is 5.91 Å². The van der Waals surface area contributed by atoms with Crippen molar-refractivity contribution in [3.8, 4) is 0 Å². The van der Waals surface area contributed by atoms with Gasteiger partial charge in [0, 0.05) is 37.2 Å². The summed E-state index contributed by atoms with van der Waals surface area (Å²) in [5.41, 5.74) is 0.209. The second-order valence-corrected chi connectivity index (χ2v) is 7.43. The number of pyridine rings is 1. The normalized spacial score (nSPS) is 20.4. The molecular weight excluding hydrogens is 349 g/mol. The van der Waals surface area contributed by atoms with Crippen LogP contribution in [0.15, 0.2) is 29.1 Å². The highest BCUT2D eigenvalue weighted by Crippen LogP contribution is 2.27. The van der Waals surface area contributed by atoms with Gasteiger partial charge in [-0.05, 0) is 57.5 Å². The maximum atomic E-state index is 13.5. The van der Waals surface area contributed by atoms with Gasteiger partial charge in [-0.2, -0.15) is 0 Å². The lowest BCUT2D eigenvalue weighted by Crippen LogP contribution is -2.50. The summed E-state index contributed by atoms with van der Waals surface area (Å²) in [6.45, 7) is 1.32. The number of amides is 1. The van der Waals surface area contributed by atoms with Gasteiger partial charge in [0.05, 0.1) is 11.1 Å². The number of piperidine rings is 1. The van der Waals surface area contributed by atoms with Crippen LogP contribution in [-0.4, -0.2) is 65.6 Å². The van der Waals surface area contributed by atoms with Crippen LogP contribution in [-0.2, 0) is 0 Å². The second-order valence-electron chi connectivity index (χ2n) is 7.43. The molecule has 0 radical (unpaired) electrons. The molecule has 1 aromatic carbocycles. The molecule has 6 nitrogen and oxygen atoms in total. The van der Waals surface area contributed by atoms with E-state index in [-0.39, 0.29) is 18.4 Å². The van der Waals surface area contributed by atoms with Crippen LogP contribution in [0.3, 0.4) is 0 Å². The van der Waals surface area contributed by atoms with E-state index in [9.17, 15) is 19.1 Å². The smallest absolute Gasteiger partial charge is 0.254 e. The Bertz CT molecular complexity index is 880. The number of hydrogen-bond acceptors (Lipinski definition) is 4. The Morgan fingerprint density at radius 3 is 2.85 bits per heavy atom. The molecule has 1 aliphatic rings. The summed E-state index contributed by atoms with van der Waals surface area (Å²) in [7, 11) is 4.07. The number of likely N-dealkylation sites (tertiary alicyclic amines) is 1. The highest BCUT2D eigenvalue weighted by atomic mass is 19.1. The first-order chi connectivity index (χ1) is 12.9. The molecule has 27 heavy (non-hydrogen) atoms. The summed E-state index contributed by atoms with van der Waals surface area (Å²) >= 11 is 0. The molecule has 0 spiro atoms. The Morgan fingerprint density at radius 1 is 1.37 bits per heavy atom. The number of carbonyl (C=O) groups is 1. The lowest BCUT2D eigenvalue weighted by Gasteiger charge is -2.41. The number of halogens is 1. The van der Waals surface area contributed by atoms with Gasteiger partial charge in [-0.3, -0.25) is 9.59 Å². The number of nitrogens with one attached hydrogen (secondary N) is 1. The number of aromatic nitrogens is 1. The van der Waals surface area contributed by atoms with E-state index in [1.807, 2.05) is 14.1 Å². The van der Waals surface area contributed by atoms with Gasteiger partial charge in [0.1, 0.15) is 5.82 Å². The zero-order chi connectivity index (χ0) is 19.6. The Hall–Kier alpha value is -2.25. The van der Waals surface area contributed by atoms with Crippen LogP contribution < -0.4 is 5.56 Å². The van der Waals surface area contributed by atoms with E-state index in [4.69, 9.17) is 0 Å². The van der Waals surface area contributed by atoms with Gasteiger partial charge in [0.2, 0.25) is 5.56 Å². The number of benzene rings is 1. The maximum Gasteiger partial charge on any atom is 0.254 e. The Balaban J connectivity index is 1.89. The van der Waals surface area contributed by atoms with E-state index in [2.05, 4.69) is 9.88 Å². The highest BCUT2D eigenvalue weighted by molar-refractivity contribution is 6.06. The number of aromatic amines is 1. The first kappa shape index (κ1) is 19.5. The average molecular weight is 375 g/mol. The molecule has 2 aromatic rings. The van der Waals surface area contributed by atoms with E-state index in [0.717, 1.165) is 12.8 Å². The number of rotatable bonds is 5. The molecule has 2 heterocycles. The zero-order valence-electron chi connectivity index (χ0n) is 15.7. The second kappa shape index (κ2) is 8.19. The largest absolute Gasteiger partial charge is 0.396 e. The number of aliphatic hydroxyl groups is 1. The molecule has 1 aliphatic heterocycles. The summed E-state index contributed by atoms with van der Waals surface area (Å²) in [4.78, 5) is 31.7. The van der Waals surface area contributed by atoms with Crippen LogP contribution in [0.4, 0.5) is 4.39 Å². The van der Waals surface area contributed by atoms with E-state index in [1.165, 1.54) is 24.3 Å². The van der Waals surface area contributed by atoms with Crippen LogP contribution in [0.25, 0.3) is 10.9 Å². The van der Waals surface area contributed by atoms with E-state index in [1.54, 1.807) is 4.90 Å². The topological polar surface area (TPSA) is 76.6 Å². The van der Waals surface area contributed by atoms with Crippen LogP contribution >= 0.6 is 0 Å². The summed E-state index contributed by atoms with van der Waals surface area (Å²) in [6.07, 6.45) is 2.37. The quantitative estimate of drug-likeness (QED) is 0.836. The lowest BCUT2D eigenvalue weighted by atomic mass is 9.87. The fraction of sp³-hybridized carbons (Fsp3) is 0.500. The molecule has 2 atom stereocenters. The Kier molecular flexibility index (Phi) is 5.92. The molecule has 0 bridgehead atoms. The Labute approximate surface area is 157 Å². The van der Waals surface area contributed by atoms with Crippen molar-refractivity contribution in [3.05, 3.63) is 46.0 Å². The van der Waals surface area contributed by atoms with E-state index in [0.29, 0.717) is 42.0 Å². The number of carbonyl (C=O) groups excluding carboxylic acids is 1. The first-order valence-electron chi connectivity index (χ1n) is 9.30. The predicted octanol–water partition coefficient (Wildman–Crippen LogP) is 1.83. The molecule has 1 fully saturated rings. The molecule has 1 saturated heterocycles. The van der Waals surface area contributed by atoms with Crippen LogP contribution in [0.5, 0.6) is 0 Å². The average Bonchev–Trinajstić information content (AvgIpc) is 2.64. The predicted molar refractivity (Wildman–Crippen MR) is 102 cm³/mol. The molecule has 7 heteroatoms. The number of aliphatic hydroxyl groups excluding tert-OH is 1. The van der Waals surface area contributed by atoms with Gasteiger partial charge in [-0.25, -0.2) is 4.39 Å². The van der Waals surface area contributed by atoms with Gasteiger partial charge in [-0.15, -0.1) is 0 Å². The molecular formula is C20H26FN3O3. The highest BCUT2D eigenvalue weighted by Gasteiger charge is 2.33. The summed E-state index contributed by atoms with van der Waals surface area (Å²) in [5, 5.41) is 9.73. The third-order valence-electron chi connectivity index (χ3n) is 5.41. The van der Waals surface area contributed by atoms with E-state index >= 15 is 0 Å². The summed E-state index contributed by atoms with van der Waals surface area (Å²) < 4.78 is 13.5. The van der Waals surface area contributed by atoms with Crippen LogP contribution in [0, 0.1) is 11.7 Å². The van der Waals surface area contributed by atoms with Gasteiger partial charge in [0.15, 0.2) is 0 Å². The number of hydrogen-bond donors (Lipinski definition) is 2. The molecule has 0 aliphatic carbocycles. The van der Waals surface area contributed by atoms with Crippen molar-refractivity contribution in [3.63, 3.8) is 0 Å². The minimum Gasteiger partial charge on any atom is -0.396 e. The van der Waals surface area contributed by atoms with Crippen molar-refractivity contribution in [2.45, 2.75) is 25.3 Å². The first-order valence-corrected chi connectivity index (χ1v) is 9.30. The maximum absolute atomic E-state index is 13.5. The SMILES string of the molecule is CN(C)[C@@H]1CCN(C(=O)c2cc(=O)[nH]c3cc(F)ccc23)C[C@@H]1CCCO. The van der Waals surface area contributed by atoms with Crippen molar-refractivity contribution in [2.24, 2.45) is 5.92 Å². The monoisotopic (exact) mass is 375 g/mol. The van der Waals surface area contributed by atoms with Crippen molar-refractivity contribution in [1.29, 1.82) is 0 Å². The lowest BCUT2D eigenvalue weighted by molar-refractivity contribution is 0.0497. The van der Waals surface area contributed by atoms with Gasteiger partial charge in [-0.1, -0.05) is 0 Å². The fourth-order valence-electron chi connectivity index (χ4n) is 4.10. The van der Waals surface area contributed by atoms with Gasteiger partial charge >= 0.3 is 0 Å². The molecule has 0 unspecified atom stereocenters. The van der Waals surface area contributed by atoms with Crippen molar-refractivity contribution in [1.82, 2.24) is 14.8 Å². The summed E-state index contributed by atoms with van der Waals surface area (Å²) in [6, 6.07) is 5.70. The Morgan fingerprint density at radius 2 is 2.15 bits per heavy atom. The standard InChI is InChI=1S/C20H26FN3O3/c1-23(2)18-7-8-24(12-13(18)4-3-9-25)20(27)16-11-19(26)22-17-10-14(21)5-6-15(16)17/h5-6,10-11,13,18,25H,3-4,7-9,12H2,1-2H3,(H,22,26)/t13-,18+/m0/s1. The number of H-pyrrole nitrogens is 1. The van der Waals surface area contributed by atoms with E-state index < -0.39 is 11.4 Å². The molecule has 3 rings (SSSR count). The minimum absolute atomic E-state index is 0.134. The third-order valence-corrected chi connectivity index (χ3v) is 5.41. The number of fused-ring (bicyclic) bond motifs is 1. The molecule has 2 N–H and O–H groups in total. The number of nitrogens with zero attached hydrogens (tertiary/aromatic N) is 2. The summed E-state index contributed by atoms with van der Waals surface area (Å²) in [5.74, 6) is -0.405. The molecule has 0 saturated carbocycles. The van der Waals surface area contributed by atoms with Crippen LogP contribution in [0.2, 0.25) is 0 Å². The molecule has 1 amide bonds. The van der Waals surface area contributed by atoms with Crippen molar-refractivity contribution in [2.75, 3.05) is 33.8 Å². The fourth-order valence-corrected chi connectivity index (χ4v) is 4.10. The minimum atomic E-state index is -0.460. The van der Waals surface area contributed by atoms with Crippen LogP contribution in [0.1, 0.15) is 29.6 Å². The van der Waals surface area contributed by atoms with Gasteiger partial charge < -0.3 is 19.9 Å². The third kappa shape index (κ3) is 4.20. The van der Waals surface area contributed by atoms with Crippen molar-refractivity contribution >= 4 is 16.8 Å².